The highest BCUT2D eigenvalue weighted by Crippen LogP contribution is 2.16. The molecule has 6 nitrogen and oxygen atoms in total. The molecule has 0 amide bonds. The van der Waals surface area contributed by atoms with E-state index in [2.05, 4.69) is 25.8 Å². The molecule has 2 heterocycles. The van der Waals surface area contributed by atoms with Crippen LogP contribution in [0.2, 0.25) is 0 Å². The molecule has 1 aliphatic rings. The quantitative estimate of drug-likeness (QED) is 0.904. The van der Waals surface area contributed by atoms with E-state index in [-0.39, 0.29) is 17.5 Å². The molecule has 0 saturated carbocycles. The summed E-state index contributed by atoms with van der Waals surface area (Å²) in [7, 11) is 0. The predicted octanol–water partition coefficient (Wildman–Crippen LogP) is 1.32. The van der Waals surface area contributed by atoms with E-state index >= 15 is 0 Å². The molecule has 1 aromatic heterocycles. The van der Waals surface area contributed by atoms with Crippen molar-refractivity contribution in [3.63, 3.8) is 0 Å². The van der Waals surface area contributed by atoms with Gasteiger partial charge in [0, 0.05) is 38.2 Å². The first-order valence-electron chi connectivity index (χ1n) is 7.55. The summed E-state index contributed by atoms with van der Waals surface area (Å²) >= 11 is 0. The van der Waals surface area contributed by atoms with Gasteiger partial charge in [-0.25, -0.2) is 4.98 Å². The van der Waals surface area contributed by atoms with Crippen molar-refractivity contribution < 1.29 is 0 Å². The fraction of sp³-hybridized carbons (Fsp3) is 0.667. The average Bonchev–Trinajstić information content (AvgIpc) is 2.48. The first-order valence-corrected chi connectivity index (χ1v) is 7.55. The van der Waals surface area contributed by atoms with Gasteiger partial charge in [-0.3, -0.25) is 9.69 Å². The lowest BCUT2D eigenvalue weighted by Gasteiger charge is -2.37. The van der Waals surface area contributed by atoms with Crippen molar-refractivity contribution in [3.05, 3.63) is 22.2 Å². The molecule has 0 spiro atoms. The van der Waals surface area contributed by atoms with Gasteiger partial charge in [0.2, 0.25) is 0 Å². The van der Waals surface area contributed by atoms with Crippen molar-refractivity contribution in [1.82, 2.24) is 14.9 Å². The Labute approximate surface area is 125 Å². The van der Waals surface area contributed by atoms with Crippen LogP contribution >= 0.6 is 0 Å². The van der Waals surface area contributed by atoms with Gasteiger partial charge >= 0.3 is 0 Å². The second kappa shape index (κ2) is 6.72. The Morgan fingerprint density at radius 3 is 2.57 bits per heavy atom. The number of nitrogens with one attached hydrogen (secondary N) is 1. The molecule has 2 rings (SSSR count). The Bertz CT molecular complexity index is 566. The van der Waals surface area contributed by atoms with Crippen molar-refractivity contribution in [2.45, 2.75) is 39.2 Å². The molecule has 1 atom stereocenters. The van der Waals surface area contributed by atoms with Crippen LogP contribution in [-0.4, -0.2) is 47.1 Å². The molecule has 114 valence electrons. The fourth-order valence-electron chi connectivity index (χ4n) is 2.59. The third kappa shape index (κ3) is 3.61. The van der Waals surface area contributed by atoms with Crippen molar-refractivity contribution in [2.24, 2.45) is 0 Å². The van der Waals surface area contributed by atoms with Gasteiger partial charge in [0.05, 0.1) is 12.1 Å². The molecule has 1 saturated heterocycles. The topological polar surface area (TPSA) is 76.0 Å². The monoisotopic (exact) mass is 289 g/mol. The van der Waals surface area contributed by atoms with Gasteiger partial charge in [-0.2, -0.15) is 5.26 Å². The van der Waals surface area contributed by atoms with Gasteiger partial charge in [-0.1, -0.05) is 20.8 Å². The van der Waals surface area contributed by atoms with E-state index in [1.54, 1.807) is 6.07 Å². The molecule has 1 fully saturated rings. The van der Waals surface area contributed by atoms with E-state index < -0.39 is 0 Å². The summed E-state index contributed by atoms with van der Waals surface area (Å²) in [5.74, 6) is 1.66. The molecule has 0 radical (unpaired) electrons. The van der Waals surface area contributed by atoms with Gasteiger partial charge in [0.25, 0.3) is 5.56 Å². The molecule has 0 aliphatic carbocycles. The van der Waals surface area contributed by atoms with Crippen LogP contribution in [0.4, 0.5) is 5.82 Å². The summed E-state index contributed by atoms with van der Waals surface area (Å²) in [6, 6.07) is 3.90. The van der Waals surface area contributed by atoms with Crippen LogP contribution in [0.1, 0.15) is 38.9 Å². The summed E-state index contributed by atoms with van der Waals surface area (Å²) in [5.41, 5.74) is -0.102. The number of nitrogens with zero attached hydrogens (tertiary/aromatic N) is 4. The molecule has 1 unspecified atom stereocenters. The predicted molar refractivity (Wildman–Crippen MR) is 82.4 cm³/mol. The van der Waals surface area contributed by atoms with Crippen LogP contribution in [0.15, 0.2) is 10.9 Å². The minimum Gasteiger partial charge on any atom is -0.354 e. The number of aromatic amines is 1. The van der Waals surface area contributed by atoms with E-state index in [1.165, 1.54) is 0 Å². The zero-order valence-corrected chi connectivity index (χ0v) is 13.0. The van der Waals surface area contributed by atoms with E-state index in [9.17, 15) is 4.79 Å². The zero-order chi connectivity index (χ0) is 15.4. The maximum Gasteiger partial charge on any atom is 0.252 e. The molecule has 1 aromatic rings. The van der Waals surface area contributed by atoms with Gasteiger partial charge < -0.3 is 9.88 Å². The van der Waals surface area contributed by atoms with E-state index in [1.807, 2.05) is 20.8 Å². The Morgan fingerprint density at radius 1 is 1.38 bits per heavy atom. The molecular weight excluding hydrogens is 266 g/mol. The molecule has 6 heteroatoms. The van der Waals surface area contributed by atoms with Gasteiger partial charge in [0.1, 0.15) is 11.6 Å². The number of aromatic nitrogens is 2. The second-order valence-corrected chi connectivity index (χ2v) is 5.72. The Morgan fingerprint density at radius 2 is 2.05 bits per heavy atom. The maximum atomic E-state index is 11.7. The summed E-state index contributed by atoms with van der Waals surface area (Å²) in [6.07, 6.45) is 0.844. The van der Waals surface area contributed by atoms with Crippen LogP contribution in [-0.2, 0) is 0 Å². The largest absolute Gasteiger partial charge is 0.354 e. The van der Waals surface area contributed by atoms with Crippen molar-refractivity contribution in [3.8, 4) is 6.07 Å². The van der Waals surface area contributed by atoms with E-state index in [4.69, 9.17) is 5.26 Å². The van der Waals surface area contributed by atoms with Gasteiger partial charge in [-0.15, -0.1) is 0 Å². The number of anilines is 1. The van der Waals surface area contributed by atoms with Crippen LogP contribution in [0.25, 0.3) is 0 Å². The summed E-state index contributed by atoms with van der Waals surface area (Å²) in [5, 5.41) is 9.13. The number of H-pyrrole nitrogens is 1. The summed E-state index contributed by atoms with van der Waals surface area (Å²) in [4.78, 5) is 23.4. The van der Waals surface area contributed by atoms with Crippen molar-refractivity contribution in [2.75, 3.05) is 31.1 Å². The highest BCUT2D eigenvalue weighted by Gasteiger charge is 2.23. The Balaban J connectivity index is 2.09. The lowest BCUT2D eigenvalue weighted by Crippen LogP contribution is -2.50. The summed E-state index contributed by atoms with van der Waals surface area (Å²) < 4.78 is 0. The van der Waals surface area contributed by atoms with Gasteiger partial charge in [0.15, 0.2) is 0 Å². The number of hydrogen-bond donors (Lipinski definition) is 1. The molecule has 1 N–H and O–H groups in total. The highest BCUT2D eigenvalue weighted by atomic mass is 16.1. The zero-order valence-electron chi connectivity index (χ0n) is 13.0. The lowest BCUT2D eigenvalue weighted by atomic mass is 10.2. The first-order chi connectivity index (χ1) is 10.0. The number of nitriles is 1. The van der Waals surface area contributed by atoms with Crippen LogP contribution in [0, 0.1) is 11.3 Å². The summed E-state index contributed by atoms with van der Waals surface area (Å²) in [6.45, 7) is 9.32. The minimum absolute atomic E-state index is 0.00879. The highest BCUT2D eigenvalue weighted by molar-refractivity contribution is 5.38. The van der Waals surface area contributed by atoms with E-state index in [0.717, 1.165) is 44.2 Å². The molecule has 1 aliphatic heterocycles. The third-order valence-corrected chi connectivity index (χ3v) is 3.91. The fourth-order valence-corrected chi connectivity index (χ4v) is 2.59. The van der Waals surface area contributed by atoms with Crippen LogP contribution in [0.3, 0.4) is 0 Å². The van der Waals surface area contributed by atoms with Crippen LogP contribution < -0.4 is 10.5 Å². The maximum absolute atomic E-state index is 11.7. The van der Waals surface area contributed by atoms with Crippen LogP contribution in [0.5, 0.6) is 0 Å². The lowest BCUT2D eigenvalue weighted by molar-refractivity contribution is 0.216. The first kappa shape index (κ1) is 15.5. The van der Waals surface area contributed by atoms with Gasteiger partial charge in [-0.05, 0) is 6.42 Å². The second-order valence-electron chi connectivity index (χ2n) is 5.72. The van der Waals surface area contributed by atoms with Crippen molar-refractivity contribution in [1.29, 1.82) is 5.26 Å². The Kier molecular flexibility index (Phi) is 4.97. The number of rotatable bonds is 4. The molecule has 0 bridgehead atoms. The standard InChI is InChI=1S/C15H23N5O/c1-4-12(10-16)19-5-7-20(8-6-19)13-9-14(21)18-15(17-13)11(2)3/h9,11-12H,4-8H2,1-3H3,(H,17,18,21). The average molecular weight is 289 g/mol. The number of piperazine rings is 1. The third-order valence-electron chi connectivity index (χ3n) is 3.91. The normalized spacial score (nSPS) is 17.8. The van der Waals surface area contributed by atoms with E-state index in [0.29, 0.717) is 0 Å². The molecular formula is C15H23N5O. The SMILES string of the molecule is CCC(C#N)N1CCN(c2cc(=O)[nH]c(C(C)C)n2)CC1. The minimum atomic E-state index is -0.102. The number of hydrogen-bond acceptors (Lipinski definition) is 5. The Hall–Kier alpha value is -1.87. The van der Waals surface area contributed by atoms with Crippen molar-refractivity contribution >= 4 is 5.82 Å². The smallest absolute Gasteiger partial charge is 0.252 e. The molecule has 0 aromatic carbocycles. The molecule has 21 heavy (non-hydrogen) atoms.